The summed E-state index contributed by atoms with van der Waals surface area (Å²) in [7, 11) is 0. The molecule has 9 aliphatic rings. The molecule has 44 heavy (non-hydrogen) atoms. The van der Waals surface area contributed by atoms with Crippen molar-refractivity contribution >= 4 is 0 Å². The number of nitrogens with one attached hydrogen (secondary N) is 16. The van der Waals surface area contributed by atoms with E-state index in [9.17, 15) is 0 Å². The van der Waals surface area contributed by atoms with Crippen LogP contribution in [0.15, 0.2) is 0 Å². The van der Waals surface area contributed by atoms with Crippen LogP contribution in [-0.4, -0.2) is 148 Å². The second-order valence-corrected chi connectivity index (χ2v) is 15.3. The maximum atomic E-state index is 4.05. The van der Waals surface area contributed by atoms with Crippen LogP contribution in [0.25, 0.3) is 0 Å². The standard InChI is InChI=1S/C28H56N16/c1-9-5-29-13-17(33-9)25-37-21(13)42-26-19-15(31-7-11(3)35-19)23(39-26)44-28-20-16(32-8-12(4)36-20)24(40-28)43-27-18-14(22(38-27)41-25)30-6-10(2)34-18/h9-44H,5-8H2,1-4H3. The maximum absolute atomic E-state index is 4.05. The van der Waals surface area contributed by atoms with E-state index in [4.69, 9.17) is 0 Å². The molecule has 248 valence electrons. The number of hydrogen-bond donors (Lipinski definition) is 16. The Bertz CT molecular complexity index is 893. The summed E-state index contributed by atoms with van der Waals surface area (Å²) in [5.74, 6) is 0. The molecular weight excluding hydrogens is 560 g/mol. The molecule has 9 rings (SSSR count). The molecule has 12 unspecified atom stereocenters. The zero-order valence-electron chi connectivity index (χ0n) is 26.4. The van der Waals surface area contributed by atoms with Crippen molar-refractivity contribution < 1.29 is 0 Å². The van der Waals surface area contributed by atoms with Crippen molar-refractivity contribution in [1.29, 1.82) is 0 Å². The molecule has 0 amide bonds. The van der Waals surface area contributed by atoms with Crippen molar-refractivity contribution in [1.82, 2.24) is 85.1 Å². The Morgan fingerprint density at radius 3 is 0.636 bits per heavy atom. The van der Waals surface area contributed by atoms with E-state index < -0.39 is 0 Å². The highest BCUT2D eigenvalue weighted by atomic mass is 15.5. The molecule has 9 aliphatic heterocycles. The van der Waals surface area contributed by atoms with Crippen molar-refractivity contribution in [3.63, 3.8) is 0 Å². The molecule has 16 heteroatoms. The Hall–Kier alpha value is -0.640. The molecule has 0 aliphatic carbocycles. The van der Waals surface area contributed by atoms with Crippen LogP contribution in [0, 0.1) is 0 Å². The van der Waals surface area contributed by atoms with Crippen molar-refractivity contribution in [2.24, 2.45) is 0 Å². The van der Waals surface area contributed by atoms with Crippen molar-refractivity contribution in [3.05, 3.63) is 0 Å². The minimum atomic E-state index is 0.0882. The third kappa shape index (κ3) is 5.06. The first-order chi connectivity index (χ1) is 21.4. The van der Waals surface area contributed by atoms with Gasteiger partial charge < -0.3 is 42.5 Å². The highest BCUT2D eigenvalue weighted by molar-refractivity contribution is 5.17. The summed E-state index contributed by atoms with van der Waals surface area (Å²) in [5, 5.41) is 63.4. The normalized spacial score (nSPS) is 60.3. The van der Waals surface area contributed by atoms with Gasteiger partial charge in [0.05, 0.1) is 97.7 Å². The summed E-state index contributed by atoms with van der Waals surface area (Å²) in [6, 6.07) is 3.62. The second kappa shape index (κ2) is 11.5. The fraction of sp³-hybridized carbons (Fsp3) is 1.00. The third-order valence-electron chi connectivity index (χ3n) is 11.8. The fourth-order valence-corrected chi connectivity index (χ4v) is 9.83. The van der Waals surface area contributed by atoms with Gasteiger partial charge >= 0.3 is 0 Å². The molecule has 12 atom stereocenters. The molecule has 9 heterocycles. The van der Waals surface area contributed by atoms with E-state index in [-0.39, 0.29) is 97.7 Å². The molecule has 0 aromatic carbocycles. The van der Waals surface area contributed by atoms with E-state index in [1.807, 2.05) is 0 Å². The van der Waals surface area contributed by atoms with Crippen LogP contribution in [0.3, 0.4) is 0 Å². The Labute approximate surface area is 260 Å². The average Bonchev–Trinajstić information content (AvgIpc) is 3.71. The Kier molecular flexibility index (Phi) is 7.71. The van der Waals surface area contributed by atoms with Gasteiger partial charge in [-0.2, -0.15) is 0 Å². The van der Waals surface area contributed by atoms with Crippen LogP contribution >= 0.6 is 0 Å². The topological polar surface area (TPSA) is 192 Å². The Morgan fingerprint density at radius 2 is 0.432 bits per heavy atom. The summed E-state index contributed by atoms with van der Waals surface area (Å²) in [5.41, 5.74) is 0. The highest BCUT2D eigenvalue weighted by Gasteiger charge is 2.56. The summed E-state index contributed by atoms with van der Waals surface area (Å²) in [6.45, 7) is 12.9. The molecule has 0 aromatic rings. The van der Waals surface area contributed by atoms with Gasteiger partial charge in [-0.1, -0.05) is 0 Å². The van der Waals surface area contributed by atoms with Crippen LogP contribution in [-0.2, 0) is 0 Å². The number of hydrogen-bond acceptors (Lipinski definition) is 16. The first-order valence-electron chi connectivity index (χ1n) is 17.4. The zero-order valence-corrected chi connectivity index (χ0v) is 26.4. The lowest BCUT2D eigenvalue weighted by Crippen LogP contribution is -2.70. The summed E-state index contributed by atoms with van der Waals surface area (Å²) >= 11 is 0. The molecule has 9 saturated heterocycles. The molecule has 16 nitrogen and oxygen atoms in total. The highest BCUT2D eigenvalue weighted by Crippen LogP contribution is 2.26. The van der Waals surface area contributed by atoms with Gasteiger partial charge in [0.25, 0.3) is 0 Å². The molecule has 0 spiro atoms. The molecule has 0 radical (unpaired) electrons. The summed E-state index contributed by atoms with van der Waals surface area (Å²) in [4.78, 5) is 0. The SMILES string of the molecule is CC1CNC2C3NC(NC4NC(NC5NC(NC6NC(N3)C3NC(C)CNC63)C3NC(C)CNC53)C3NC(C)CNC43)C2N1. The predicted molar refractivity (Wildman–Crippen MR) is 168 cm³/mol. The van der Waals surface area contributed by atoms with Gasteiger partial charge in [0.1, 0.15) is 0 Å². The van der Waals surface area contributed by atoms with Crippen LogP contribution < -0.4 is 85.1 Å². The average molecular weight is 617 g/mol. The number of rotatable bonds is 0. The number of fused-ring (bicyclic) bond motifs is 20. The van der Waals surface area contributed by atoms with E-state index in [1.165, 1.54) is 0 Å². The van der Waals surface area contributed by atoms with Crippen LogP contribution in [0.1, 0.15) is 27.7 Å². The van der Waals surface area contributed by atoms with E-state index in [1.54, 1.807) is 0 Å². The van der Waals surface area contributed by atoms with E-state index >= 15 is 0 Å². The van der Waals surface area contributed by atoms with Gasteiger partial charge in [0, 0.05) is 50.3 Å². The molecule has 0 aromatic heterocycles. The molecule has 16 N–H and O–H groups in total. The Balaban J connectivity index is 1.06. The van der Waals surface area contributed by atoms with E-state index in [0.29, 0.717) is 24.2 Å². The predicted octanol–water partition coefficient (Wildman–Crippen LogP) is -7.35. The van der Waals surface area contributed by atoms with E-state index in [2.05, 4.69) is 113 Å². The van der Waals surface area contributed by atoms with Gasteiger partial charge in [0.2, 0.25) is 0 Å². The van der Waals surface area contributed by atoms with Crippen molar-refractivity contribution in [3.8, 4) is 0 Å². The first kappa shape index (κ1) is 29.5. The second-order valence-electron chi connectivity index (χ2n) is 15.3. The summed E-state index contributed by atoms with van der Waals surface area (Å²) in [6.07, 6.45) is 0.717. The van der Waals surface area contributed by atoms with Crippen molar-refractivity contribution in [2.75, 3.05) is 26.2 Å². The lowest BCUT2D eigenvalue weighted by molar-refractivity contribution is 0.217. The lowest BCUT2D eigenvalue weighted by atomic mass is 9.99. The van der Waals surface area contributed by atoms with Gasteiger partial charge in [-0.25, -0.2) is 0 Å². The molecule has 8 bridgehead atoms. The van der Waals surface area contributed by atoms with Crippen LogP contribution in [0.4, 0.5) is 0 Å². The van der Waals surface area contributed by atoms with Gasteiger partial charge in [-0.3, -0.25) is 42.5 Å². The summed E-state index contributed by atoms with van der Waals surface area (Å²) < 4.78 is 0. The first-order valence-corrected chi connectivity index (χ1v) is 17.4. The van der Waals surface area contributed by atoms with Crippen LogP contribution in [0.2, 0.25) is 0 Å². The van der Waals surface area contributed by atoms with Gasteiger partial charge in [0.15, 0.2) is 0 Å². The third-order valence-corrected chi connectivity index (χ3v) is 11.8. The largest absolute Gasteiger partial charge is 0.308 e. The molecule has 0 saturated carbocycles. The Morgan fingerprint density at radius 1 is 0.250 bits per heavy atom. The maximum Gasteiger partial charge on any atom is 0.0771 e. The van der Waals surface area contributed by atoms with E-state index in [0.717, 1.165) is 26.2 Å². The van der Waals surface area contributed by atoms with Gasteiger partial charge in [-0.05, 0) is 27.7 Å². The van der Waals surface area contributed by atoms with Crippen LogP contribution in [0.5, 0.6) is 0 Å². The minimum absolute atomic E-state index is 0.0882. The van der Waals surface area contributed by atoms with Gasteiger partial charge in [-0.15, -0.1) is 0 Å². The fourth-order valence-electron chi connectivity index (χ4n) is 9.83. The molecule has 9 fully saturated rings. The lowest BCUT2D eigenvalue weighted by Gasteiger charge is -2.40. The molecular formula is C28H56N16. The smallest absolute Gasteiger partial charge is 0.0771 e. The zero-order chi connectivity index (χ0) is 29.7. The quantitative estimate of drug-likeness (QED) is 0.123. The number of piperazine rings is 4. The van der Waals surface area contributed by atoms with Crippen molar-refractivity contribution in [2.45, 2.75) is 150 Å². The minimum Gasteiger partial charge on any atom is -0.308 e. The monoisotopic (exact) mass is 616 g/mol.